The minimum atomic E-state index is -0.474. The van der Waals surface area contributed by atoms with Crippen molar-refractivity contribution in [3.63, 3.8) is 0 Å². The molecule has 0 spiro atoms. The van der Waals surface area contributed by atoms with Crippen molar-refractivity contribution in [1.29, 1.82) is 0 Å². The summed E-state index contributed by atoms with van der Waals surface area (Å²) < 4.78 is 5.56. The number of carbonyl (C=O) groups is 2. The van der Waals surface area contributed by atoms with Crippen LogP contribution < -0.4 is 10.6 Å². The monoisotopic (exact) mass is 338 g/mol. The first-order valence-corrected chi connectivity index (χ1v) is 9.00. The lowest BCUT2D eigenvalue weighted by Gasteiger charge is -2.28. The highest BCUT2D eigenvalue weighted by Crippen LogP contribution is 2.19. The van der Waals surface area contributed by atoms with Gasteiger partial charge in [0, 0.05) is 24.4 Å². The second-order valence-electron chi connectivity index (χ2n) is 6.15. The van der Waals surface area contributed by atoms with Crippen molar-refractivity contribution in [2.24, 2.45) is 5.92 Å². The van der Waals surface area contributed by atoms with Gasteiger partial charge in [-0.1, -0.05) is 13.0 Å². The third-order valence-electron chi connectivity index (χ3n) is 4.47. The number of ketones is 1. The van der Waals surface area contributed by atoms with E-state index >= 15 is 0 Å². The maximum atomic E-state index is 12.6. The molecule has 6 heteroatoms. The molecule has 2 N–H and O–H groups in total. The number of ether oxygens (including phenoxy) is 1. The van der Waals surface area contributed by atoms with E-state index in [1.54, 1.807) is 18.4 Å². The van der Waals surface area contributed by atoms with Gasteiger partial charge in [0.15, 0.2) is 5.78 Å². The molecule has 128 valence electrons. The highest BCUT2D eigenvalue weighted by Gasteiger charge is 2.34. The minimum absolute atomic E-state index is 0.0214. The molecule has 0 radical (unpaired) electrons. The average molecular weight is 338 g/mol. The maximum absolute atomic E-state index is 12.6. The number of thiophene rings is 1. The molecule has 1 aromatic rings. The number of carbonyl (C=O) groups excluding carboxylic acids is 2. The maximum Gasteiger partial charge on any atom is 0.226 e. The Morgan fingerprint density at radius 2 is 2.30 bits per heavy atom. The van der Waals surface area contributed by atoms with E-state index in [0.717, 1.165) is 24.3 Å². The smallest absolute Gasteiger partial charge is 0.226 e. The van der Waals surface area contributed by atoms with Crippen molar-refractivity contribution < 1.29 is 14.3 Å². The molecule has 0 bridgehead atoms. The van der Waals surface area contributed by atoms with Crippen molar-refractivity contribution in [3.05, 3.63) is 22.4 Å². The zero-order valence-corrected chi connectivity index (χ0v) is 14.8. The molecule has 2 heterocycles. The lowest BCUT2D eigenvalue weighted by molar-refractivity contribution is -0.133. The van der Waals surface area contributed by atoms with Gasteiger partial charge < -0.3 is 15.4 Å². The number of hydrogen-bond donors (Lipinski definition) is 2. The summed E-state index contributed by atoms with van der Waals surface area (Å²) >= 11 is 1.60. The van der Waals surface area contributed by atoms with Crippen LogP contribution in [0, 0.1) is 5.92 Å². The lowest BCUT2D eigenvalue weighted by atomic mass is 9.95. The van der Waals surface area contributed by atoms with Crippen molar-refractivity contribution >= 4 is 23.0 Å². The number of rotatable bonds is 8. The van der Waals surface area contributed by atoms with Gasteiger partial charge in [0.25, 0.3) is 0 Å². The van der Waals surface area contributed by atoms with E-state index in [-0.39, 0.29) is 29.8 Å². The summed E-state index contributed by atoms with van der Waals surface area (Å²) in [5.74, 6) is -0.449. The van der Waals surface area contributed by atoms with Crippen LogP contribution in [0.4, 0.5) is 0 Å². The summed E-state index contributed by atoms with van der Waals surface area (Å²) in [7, 11) is 1.64. The van der Waals surface area contributed by atoms with E-state index < -0.39 is 6.04 Å². The van der Waals surface area contributed by atoms with E-state index in [4.69, 9.17) is 4.74 Å². The van der Waals surface area contributed by atoms with E-state index in [0.29, 0.717) is 6.42 Å². The number of hydrogen-bond acceptors (Lipinski definition) is 5. The molecule has 1 aliphatic rings. The number of Topliss-reactive ketones (excluding diaryl/α,β-unsaturated/α-hetero) is 1. The Kier molecular flexibility index (Phi) is 6.74. The Morgan fingerprint density at radius 3 is 2.83 bits per heavy atom. The molecule has 5 nitrogen and oxygen atoms in total. The summed E-state index contributed by atoms with van der Waals surface area (Å²) in [6.07, 6.45) is 2.49. The van der Waals surface area contributed by atoms with Crippen LogP contribution in [0.2, 0.25) is 0 Å². The lowest BCUT2D eigenvalue weighted by Crippen LogP contribution is -2.50. The van der Waals surface area contributed by atoms with Gasteiger partial charge in [-0.2, -0.15) is 0 Å². The minimum Gasteiger partial charge on any atom is -0.379 e. The summed E-state index contributed by atoms with van der Waals surface area (Å²) in [5, 5.41) is 8.26. The number of amides is 1. The second-order valence-corrected chi connectivity index (χ2v) is 7.18. The molecule has 1 fully saturated rings. The first-order chi connectivity index (χ1) is 11.0. The second kappa shape index (κ2) is 8.57. The van der Waals surface area contributed by atoms with Crippen LogP contribution in [-0.4, -0.2) is 43.5 Å². The molecular weight excluding hydrogens is 312 g/mol. The van der Waals surface area contributed by atoms with Crippen molar-refractivity contribution in [3.8, 4) is 0 Å². The molecule has 0 aliphatic carbocycles. The zero-order valence-electron chi connectivity index (χ0n) is 14.0. The van der Waals surface area contributed by atoms with Gasteiger partial charge in [0.1, 0.15) is 0 Å². The standard InChI is InChI=1S/C17H26N2O3S/c1-11(16(22-3)14-7-4-8-18-14)17(21)19-15(12(2)20)10-13-6-5-9-23-13/h5-6,9,11,14-16,18H,4,7-8,10H2,1-3H3,(H,19,21)/t11-,14+,15?,16-/m1/s1. The average Bonchev–Trinajstić information content (AvgIpc) is 3.20. The quantitative estimate of drug-likeness (QED) is 0.758. The number of methoxy groups -OCH3 is 1. The van der Waals surface area contributed by atoms with Crippen LogP contribution in [0.25, 0.3) is 0 Å². The first-order valence-electron chi connectivity index (χ1n) is 8.12. The van der Waals surface area contributed by atoms with Crippen LogP contribution in [0.1, 0.15) is 31.6 Å². The van der Waals surface area contributed by atoms with Gasteiger partial charge in [0.2, 0.25) is 5.91 Å². The molecular formula is C17H26N2O3S. The molecule has 1 unspecified atom stereocenters. The molecule has 1 aliphatic heterocycles. The van der Waals surface area contributed by atoms with Gasteiger partial charge in [-0.3, -0.25) is 9.59 Å². The molecule has 0 saturated carbocycles. The first kappa shape index (κ1) is 18.1. The van der Waals surface area contributed by atoms with Crippen molar-refractivity contribution in [1.82, 2.24) is 10.6 Å². The molecule has 4 atom stereocenters. The van der Waals surface area contributed by atoms with Gasteiger partial charge in [0.05, 0.1) is 18.1 Å². The predicted molar refractivity (Wildman–Crippen MR) is 91.6 cm³/mol. The SMILES string of the molecule is CO[C@@H]([C@@H]1CCCN1)[C@@H](C)C(=O)NC(Cc1cccs1)C(C)=O. The topological polar surface area (TPSA) is 67.4 Å². The highest BCUT2D eigenvalue weighted by molar-refractivity contribution is 7.09. The third kappa shape index (κ3) is 4.86. The van der Waals surface area contributed by atoms with E-state index in [1.165, 1.54) is 6.92 Å². The summed E-state index contributed by atoms with van der Waals surface area (Å²) in [5.41, 5.74) is 0. The van der Waals surface area contributed by atoms with Crippen LogP contribution in [0.3, 0.4) is 0 Å². The zero-order chi connectivity index (χ0) is 16.8. The molecule has 1 aromatic heterocycles. The van der Waals surface area contributed by atoms with E-state index in [2.05, 4.69) is 10.6 Å². The summed E-state index contributed by atoms with van der Waals surface area (Å²) in [6.45, 7) is 4.36. The van der Waals surface area contributed by atoms with Crippen molar-refractivity contribution in [2.75, 3.05) is 13.7 Å². The summed E-state index contributed by atoms with van der Waals surface area (Å²) in [4.78, 5) is 25.5. The van der Waals surface area contributed by atoms with E-state index in [9.17, 15) is 9.59 Å². The molecule has 2 rings (SSSR count). The Morgan fingerprint density at radius 1 is 1.52 bits per heavy atom. The molecule has 0 aromatic carbocycles. The van der Waals surface area contributed by atoms with Crippen LogP contribution in [0.15, 0.2) is 17.5 Å². The van der Waals surface area contributed by atoms with Crippen LogP contribution in [-0.2, 0) is 20.7 Å². The van der Waals surface area contributed by atoms with Gasteiger partial charge >= 0.3 is 0 Å². The van der Waals surface area contributed by atoms with Gasteiger partial charge in [-0.25, -0.2) is 0 Å². The summed E-state index contributed by atoms with van der Waals surface area (Å²) in [6, 6.07) is 3.66. The van der Waals surface area contributed by atoms with Crippen LogP contribution >= 0.6 is 11.3 Å². The molecule has 1 amide bonds. The fraction of sp³-hybridized carbons (Fsp3) is 0.647. The number of nitrogens with one attached hydrogen (secondary N) is 2. The molecule has 1 saturated heterocycles. The van der Waals surface area contributed by atoms with Crippen molar-refractivity contribution in [2.45, 2.75) is 51.3 Å². The van der Waals surface area contributed by atoms with Gasteiger partial charge in [-0.05, 0) is 37.8 Å². The Balaban J connectivity index is 1.97. The Labute approximate surface area is 141 Å². The fourth-order valence-corrected chi connectivity index (χ4v) is 3.84. The normalized spacial score (nSPS) is 21.6. The molecule has 23 heavy (non-hydrogen) atoms. The van der Waals surface area contributed by atoms with Gasteiger partial charge in [-0.15, -0.1) is 11.3 Å². The Hall–Kier alpha value is -1.24. The van der Waals surface area contributed by atoms with Crippen LogP contribution in [0.5, 0.6) is 0 Å². The Bertz CT molecular complexity index is 512. The highest BCUT2D eigenvalue weighted by atomic mass is 32.1. The largest absolute Gasteiger partial charge is 0.379 e. The fourth-order valence-electron chi connectivity index (χ4n) is 3.09. The third-order valence-corrected chi connectivity index (χ3v) is 5.36. The van der Waals surface area contributed by atoms with E-state index in [1.807, 2.05) is 24.4 Å². The predicted octanol–water partition coefficient (Wildman–Crippen LogP) is 1.77.